The zero-order chi connectivity index (χ0) is 31.4. The van der Waals surface area contributed by atoms with Gasteiger partial charge in [0.25, 0.3) is 6.73 Å². The lowest BCUT2D eigenvalue weighted by Crippen LogP contribution is -2.44. The number of benzene rings is 3. The molecule has 2 heterocycles. The fraction of sp³-hybridized carbons (Fsp3) is 0.257. The number of aliphatic imine (C=N–C) groups is 1. The van der Waals surface area contributed by atoms with Gasteiger partial charge in [-0.05, 0) is 59.9 Å². The van der Waals surface area contributed by atoms with E-state index >= 15 is 0 Å². The van der Waals surface area contributed by atoms with E-state index in [2.05, 4.69) is 34.6 Å². The van der Waals surface area contributed by atoms with Crippen LogP contribution in [0.4, 0.5) is 10.5 Å². The van der Waals surface area contributed by atoms with Crippen LogP contribution < -0.4 is 19.7 Å². The lowest BCUT2D eigenvalue weighted by molar-refractivity contribution is -0.727. The lowest BCUT2D eigenvalue weighted by atomic mass is 9.98. The molecule has 0 radical (unpaired) electrons. The summed E-state index contributed by atoms with van der Waals surface area (Å²) in [6, 6.07) is 28.3. The van der Waals surface area contributed by atoms with E-state index in [1.807, 2.05) is 48.5 Å². The van der Waals surface area contributed by atoms with Gasteiger partial charge in [0.2, 0.25) is 0 Å². The molecule has 10 heteroatoms. The molecule has 45 heavy (non-hydrogen) atoms. The molecule has 1 aliphatic rings. The molecule has 1 amide bonds. The number of methoxy groups -OCH3 is 1. The largest absolute Gasteiger partial charge is 0.846 e. The normalized spacial score (nSPS) is 14.6. The van der Waals surface area contributed by atoms with Crippen LogP contribution in [-0.2, 0) is 34.0 Å². The second-order valence-corrected chi connectivity index (χ2v) is 10.5. The first-order valence-electron chi connectivity index (χ1n) is 14.8. The van der Waals surface area contributed by atoms with Gasteiger partial charge in [0.05, 0.1) is 26.3 Å². The Morgan fingerprint density at radius 3 is 2.58 bits per heavy atom. The van der Waals surface area contributed by atoms with Crippen LogP contribution in [0.2, 0.25) is 0 Å². The Kier molecular flexibility index (Phi) is 10.6. The highest BCUT2D eigenvalue weighted by molar-refractivity contribution is 5.85. The summed E-state index contributed by atoms with van der Waals surface area (Å²) in [5, 5.41) is 15.2. The van der Waals surface area contributed by atoms with Crippen LogP contribution in [0.25, 0.3) is 11.1 Å². The molecule has 4 aromatic rings. The number of esters is 1. The minimum Gasteiger partial charge on any atom is -0.846 e. The van der Waals surface area contributed by atoms with Gasteiger partial charge >= 0.3 is 12.1 Å². The van der Waals surface area contributed by atoms with Crippen molar-refractivity contribution < 1.29 is 33.5 Å². The summed E-state index contributed by atoms with van der Waals surface area (Å²) in [7, 11) is 1.30. The van der Waals surface area contributed by atoms with Crippen molar-refractivity contribution in [1.82, 2.24) is 4.90 Å². The molecular weight excluding hydrogens is 572 g/mol. The minimum atomic E-state index is -0.617. The summed E-state index contributed by atoms with van der Waals surface area (Å²) in [6.07, 6.45) is 4.94. The number of likely N-dealkylation sites (tertiary alicyclic amines) is 1. The Hall–Kier alpha value is -5.38. The van der Waals surface area contributed by atoms with Gasteiger partial charge in [0.1, 0.15) is 11.8 Å². The smallest absolute Gasteiger partial charge is 0.415 e. The number of carbonyl (C=O) groups excluding carboxylic acids is 2. The van der Waals surface area contributed by atoms with E-state index in [9.17, 15) is 14.7 Å². The molecular formula is C35H36N4O6. The molecule has 0 saturated carbocycles. The van der Waals surface area contributed by atoms with Crippen molar-refractivity contribution in [2.45, 2.75) is 38.6 Å². The summed E-state index contributed by atoms with van der Waals surface area (Å²) in [5.41, 5.74) is 4.96. The van der Waals surface area contributed by atoms with Crippen molar-refractivity contribution in [2.75, 3.05) is 25.6 Å². The molecule has 1 saturated heterocycles. The van der Waals surface area contributed by atoms with Crippen molar-refractivity contribution >= 4 is 23.8 Å². The standard InChI is InChI=1S/C35H36N4O6/c1-43-33(40)32-14-8-21-39(32)35(42)45-25-38-20-7-9-26(24-38)23-36-34(41)37-29-15-17-30(18-16-29)44-22-19-28-12-5-6-13-31(28)27-10-3-2-4-11-27/h2-7,9-13,15-18,20,24,32H,8,14,19,21-23,25H2,1H3,(H-,36,37,41)/t32-/m0/s1. The highest BCUT2D eigenvalue weighted by Gasteiger charge is 2.36. The number of hydrogen-bond donors (Lipinski definition) is 1. The zero-order valence-electron chi connectivity index (χ0n) is 25.1. The molecule has 0 bridgehead atoms. The topological polar surface area (TPSA) is 116 Å². The Labute approximate surface area is 262 Å². The third-order valence-electron chi connectivity index (χ3n) is 7.47. The number of amides is 1. The van der Waals surface area contributed by atoms with Gasteiger partial charge in [-0.15, -0.1) is 0 Å². The number of anilines is 1. The van der Waals surface area contributed by atoms with Crippen molar-refractivity contribution in [2.24, 2.45) is 4.99 Å². The summed E-state index contributed by atoms with van der Waals surface area (Å²) in [5.74, 6) is 0.266. The predicted octanol–water partition coefficient (Wildman–Crippen LogP) is 4.32. The van der Waals surface area contributed by atoms with Crippen LogP contribution in [0.1, 0.15) is 24.0 Å². The first-order valence-corrected chi connectivity index (χ1v) is 14.8. The molecule has 0 spiro atoms. The van der Waals surface area contributed by atoms with Gasteiger partial charge in [-0.25, -0.2) is 9.59 Å². The van der Waals surface area contributed by atoms with E-state index in [0.29, 0.717) is 37.4 Å². The van der Waals surface area contributed by atoms with Gasteiger partial charge in [-0.2, -0.15) is 4.57 Å². The number of ether oxygens (including phenoxy) is 3. The Morgan fingerprint density at radius 2 is 1.78 bits per heavy atom. The van der Waals surface area contributed by atoms with Crippen LogP contribution >= 0.6 is 0 Å². The molecule has 1 N–H and O–H groups in total. The minimum absolute atomic E-state index is 0.0444. The molecule has 1 aliphatic heterocycles. The number of pyridine rings is 1. The van der Waals surface area contributed by atoms with Crippen molar-refractivity contribution in [3.8, 4) is 16.9 Å². The van der Waals surface area contributed by atoms with Crippen LogP contribution in [0, 0.1) is 0 Å². The van der Waals surface area contributed by atoms with E-state index in [1.165, 1.54) is 28.7 Å². The first-order chi connectivity index (χ1) is 22.0. The van der Waals surface area contributed by atoms with Crippen LogP contribution in [0.3, 0.4) is 0 Å². The predicted molar refractivity (Wildman–Crippen MR) is 167 cm³/mol. The molecule has 3 aromatic carbocycles. The lowest BCUT2D eigenvalue weighted by Gasteiger charge is -2.21. The zero-order valence-corrected chi connectivity index (χ0v) is 25.1. The maximum Gasteiger partial charge on any atom is 0.415 e. The molecule has 10 nitrogen and oxygen atoms in total. The number of amidine groups is 1. The van der Waals surface area contributed by atoms with E-state index in [1.54, 1.807) is 35.2 Å². The van der Waals surface area contributed by atoms with Gasteiger partial charge in [0.15, 0.2) is 12.4 Å². The van der Waals surface area contributed by atoms with E-state index < -0.39 is 24.1 Å². The highest BCUT2D eigenvalue weighted by atomic mass is 16.6. The van der Waals surface area contributed by atoms with Gasteiger partial charge in [-0.3, -0.25) is 9.89 Å². The monoisotopic (exact) mass is 608 g/mol. The summed E-state index contributed by atoms with van der Waals surface area (Å²) < 4.78 is 17.8. The average Bonchev–Trinajstić information content (AvgIpc) is 3.58. The van der Waals surface area contributed by atoms with Crippen molar-refractivity contribution in [1.29, 1.82) is 0 Å². The third-order valence-corrected chi connectivity index (χ3v) is 7.47. The van der Waals surface area contributed by atoms with Crippen LogP contribution in [0.5, 0.6) is 5.75 Å². The second-order valence-electron chi connectivity index (χ2n) is 10.5. The summed E-state index contributed by atoms with van der Waals surface area (Å²) in [6.45, 7) is 1.06. The van der Waals surface area contributed by atoms with Crippen molar-refractivity contribution in [3.63, 3.8) is 0 Å². The summed E-state index contributed by atoms with van der Waals surface area (Å²) in [4.78, 5) is 29.9. The van der Waals surface area contributed by atoms with Crippen LogP contribution in [0.15, 0.2) is 108 Å². The molecule has 1 aromatic heterocycles. The number of nitrogens with zero attached hydrogens (tertiary/aromatic N) is 3. The van der Waals surface area contributed by atoms with Gasteiger partial charge < -0.3 is 24.6 Å². The number of rotatable bonds is 11. The fourth-order valence-corrected chi connectivity index (χ4v) is 5.21. The Morgan fingerprint density at radius 1 is 1.00 bits per heavy atom. The SMILES string of the molecule is COC(=O)[C@@H]1CCCN1C(=O)OC[n+]1cccc(CN=C([O-])Nc2ccc(OCCc3ccccc3-c3ccccc3)cc2)c1. The summed E-state index contributed by atoms with van der Waals surface area (Å²) >= 11 is 0. The molecule has 5 rings (SSSR count). The average molecular weight is 609 g/mol. The number of carbonyl (C=O) groups is 2. The number of nitrogens with one attached hydrogen (secondary N) is 1. The Balaban J connectivity index is 1.08. The quantitative estimate of drug-likeness (QED) is 0.117. The highest BCUT2D eigenvalue weighted by Crippen LogP contribution is 2.24. The molecule has 0 aliphatic carbocycles. The van der Waals surface area contributed by atoms with E-state index in [4.69, 9.17) is 14.2 Å². The van der Waals surface area contributed by atoms with Gasteiger partial charge in [-0.1, -0.05) is 54.6 Å². The third kappa shape index (κ3) is 8.60. The molecule has 1 fully saturated rings. The van der Waals surface area contributed by atoms with Crippen LogP contribution in [-0.4, -0.2) is 49.3 Å². The first kappa shape index (κ1) is 31.1. The molecule has 1 atom stereocenters. The maximum atomic E-state index is 12.5. The second kappa shape index (κ2) is 15.4. The fourth-order valence-electron chi connectivity index (χ4n) is 5.21. The van der Waals surface area contributed by atoms with Crippen molar-refractivity contribution in [3.05, 3.63) is 115 Å². The van der Waals surface area contributed by atoms with Gasteiger partial charge in [0, 0.05) is 30.3 Å². The number of aromatic nitrogens is 1. The maximum absolute atomic E-state index is 12.5. The van der Waals surface area contributed by atoms with E-state index in [-0.39, 0.29) is 13.3 Å². The van der Waals surface area contributed by atoms with E-state index in [0.717, 1.165) is 12.0 Å². The number of hydrogen-bond acceptors (Lipinski definition) is 7. The molecule has 232 valence electrons. The Bertz CT molecular complexity index is 1610. The molecule has 0 unspecified atom stereocenters.